The summed E-state index contributed by atoms with van der Waals surface area (Å²) in [6.45, 7) is 2.78. The number of halogens is 1. The van der Waals surface area contributed by atoms with Gasteiger partial charge in [-0.15, -0.1) is 0 Å². The molecule has 2 heterocycles. The second-order valence-electron chi connectivity index (χ2n) is 6.68. The first-order chi connectivity index (χ1) is 11.6. The van der Waals surface area contributed by atoms with Crippen LogP contribution in [0.1, 0.15) is 24.8 Å². The number of aliphatic hydroxyl groups is 1. The Bertz CT molecular complexity index is 552. The Hall–Kier alpha value is -1.50. The number of hydrogen-bond donors (Lipinski definition) is 2. The third-order valence-electron chi connectivity index (χ3n) is 5.02. The molecular formula is C18H25FN2O3. The van der Waals surface area contributed by atoms with Gasteiger partial charge in [0.15, 0.2) is 0 Å². The predicted octanol–water partition coefficient (Wildman–Crippen LogP) is 1.30. The van der Waals surface area contributed by atoms with Gasteiger partial charge in [0.05, 0.1) is 19.3 Å². The monoisotopic (exact) mass is 336 g/mol. The maximum absolute atomic E-state index is 12.9. The Balaban J connectivity index is 1.50. The van der Waals surface area contributed by atoms with Crippen molar-refractivity contribution in [3.05, 3.63) is 35.6 Å². The largest absolute Gasteiger partial charge is 0.393 e. The van der Waals surface area contributed by atoms with E-state index in [1.54, 1.807) is 12.1 Å². The fraction of sp³-hybridized carbons (Fsp3) is 0.611. The van der Waals surface area contributed by atoms with E-state index in [9.17, 15) is 14.3 Å². The second-order valence-corrected chi connectivity index (χ2v) is 6.68. The summed E-state index contributed by atoms with van der Waals surface area (Å²) in [5.74, 6) is -0.234. The van der Waals surface area contributed by atoms with Gasteiger partial charge in [-0.3, -0.25) is 9.69 Å². The number of likely N-dealkylation sites (tertiary alicyclic amines) is 1. The Morgan fingerprint density at radius 2 is 2.12 bits per heavy atom. The van der Waals surface area contributed by atoms with Crippen LogP contribution in [0.15, 0.2) is 24.3 Å². The third kappa shape index (κ3) is 4.32. The zero-order valence-electron chi connectivity index (χ0n) is 13.8. The third-order valence-corrected chi connectivity index (χ3v) is 5.02. The van der Waals surface area contributed by atoms with Crippen LogP contribution in [0.2, 0.25) is 0 Å². The summed E-state index contributed by atoms with van der Waals surface area (Å²) in [7, 11) is 0. The molecule has 24 heavy (non-hydrogen) atoms. The average molecular weight is 336 g/mol. The Morgan fingerprint density at radius 3 is 2.88 bits per heavy atom. The van der Waals surface area contributed by atoms with E-state index in [4.69, 9.17) is 4.74 Å². The molecule has 3 atom stereocenters. The van der Waals surface area contributed by atoms with Crippen molar-refractivity contribution >= 4 is 5.91 Å². The van der Waals surface area contributed by atoms with E-state index in [1.165, 1.54) is 12.1 Å². The van der Waals surface area contributed by atoms with Gasteiger partial charge in [-0.1, -0.05) is 12.1 Å². The highest BCUT2D eigenvalue weighted by molar-refractivity contribution is 5.78. The highest BCUT2D eigenvalue weighted by Crippen LogP contribution is 2.29. The molecule has 1 aromatic carbocycles. The topological polar surface area (TPSA) is 61.8 Å². The minimum atomic E-state index is -0.341. The van der Waals surface area contributed by atoms with Crippen molar-refractivity contribution < 1.29 is 19.0 Å². The number of nitrogens with one attached hydrogen (secondary N) is 1. The molecule has 0 bridgehead atoms. The summed E-state index contributed by atoms with van der Waals surface area (Å²) in [6.07, 6.45) is 2.37. The minimum Gasteiger partial charge on any atom is -0.393 e. The van der Waals surface area contributed by atoms with Gasteiger partial charge in [0.2, 0.25) is 5.91 Å². The van der Waals surface area contributed by atoms with Crippen molar-refractivity contribution in [2.45, 2.75) is 38.0 Å². The van der Waals surface area contributed by atoms with Crippen LogP contribution in [0.4, 0.5) is 4.39 Å². The molecule has 132 valence electrons. The van der Waals surface area contributed by atoms with Crippen molar-refractivity contribution in [2.24, 2.45) is 5.92 Å². The molecule has 2 aliphatic heterocycles. The Kier molecular flexibility index (Phi) is 5.81. The molecule has 1 amide bonds. The van der Waals surface area contributed by atoms with Gasteiger partial charge in [0.25, 0.3) is 0 Å². The van der Waals surface area contributed by atoms with Crippen LogP contribution in [0.25, 0.3) is 0 Å². The van der Waals surface area contributed by atoms with Crippen molar-refractivity contribution in [3.8, 4) is 0 Å². The second kappa shape index (κ2) is 8.05. The molecule has 2 saturated heterocycles. The summed E-state index contributed by atoms with van der Waals surface area (Å²) in [5, 5.41) is 13.1. The van der Waals surface area contributed by atoms with Crippen LogP contribution in [-0.4, -0.2) is 54.4 Å². The molecule has 0 aliphatic carbocycles. The molecule has 2 fully saturated rings. The molecule has 2 aliphatic rings. The molecule has 6 heteroatoms. The maximum atomic E-state index is 12.9. The van der Waals surface area contributed by atoms with Crippen LogP contribution in [0.5, 0.6) is 0 Å². The van der Waals surface area contributed by atoms with Gasteiger partial charge in [0, 0.05) is 25.1 Å². The number of benzene rings is 1. The molecule has 3 unspecified atom stereocenters. The number of carbonyl (C=O) groups is 1. The van der Waals surface area contributed by atoms with Gasteiger partial charge in [0.1, 0.15) is 5.82 Å². The molecule has 0 radical (unpaired) electrons. The summed E-state index contributed by atoms with van der Waals surface area (Å²) in [6, 6.07) is 6.33. The molecule has 1 aromatic rings. The van der Waals surface area contributed by atoms with E-state index in [0.717, 1.165) is 24.9 Å². The van der Waals surface area contributed by atoms with Crippen LogP contribution >= 0.6 is 0 Å². The molecule has 5 nitrogen and oxygen atoms in total. The van der Waals surface area contributed by atoms with Crippen molar-refractivity contribution in [3.63, 3.8) is 0 Å². The number of rotatable bonds is 5. The first-order valence-corrected chi connectivity index (χ1v) is 8.64. The van der Waals surface area contributed by atoms with E-state index in [0.29, 0.717) is 32.7 Å². The normalized spacial score (nSPS) is 28.0. The summed E-state index contributed by atoms with van der Waals surface area (Å²) < 4.78 is 18.4. The molecule has 0 saturated carbocycles. The molecule has 0 aromatic heterocycles. The standard InChI is InChI=1S/C18H25FN2O3/c19-14-5-3-13(4-6-14)10-20-18(23)11-21-8-1-2-16(21)15-12-24-9-7-17(15)22/h3-6,15-17,22H,1-2,7-12H2,(H,20,23). The smallest absolute Gasteiger partial charge is 0.234 e. The van der Waals surface area contributed by atoms with Crippen molar-refractivity contribution in [2.75, 3.05) is 26.3 Å². The fourth-order valence-corrected chi connectivity index (χ4v) is 3.69. The van der Waals surface area contributed by atoms with Crippen LogP contribution in [0.3, 0.4) is 0 Å². The fourth-order valence-electron chi connectivity index (χ4n) is 3.69. The van der Waals surface area contributed by atoms with Crippen molar-refractivity contribution in [1.82, 2.24) is 10.2 Å². The van der Waals surface area contributed by atoms with E-state index < -0.39 is 0 Å². The molecule has 0 spiro atoms. The highest BCUT2D eigenvalue weighted by atomic mass is 19.1. The number of amides is 1. The lowest BCUT2D eigenvalue weighted by molar-refractivity contribution is -0.124. The van der Waals surface area contributed by atoms with Crippen LogP contribution < -0.4 is 5.32 Å². The van der Waals surface area contributed by atoms with Crippen LogP contribution in [0, 0.1) is 11.7 Å². The first kappa shape index (κ1) is 17.3. The lowest BCUT2D eigenvalue weighted by Crippen LogP contribution is -2.48. The van der Waals surface area contributed by atoms with E-state index in [2.05, 4.69) is 10.2 Å². The van der Waals surface area contributed by atoms with E-state index >= 15 is 0 Å². The van der Waals surface area contributed by atoms with Gasteiger partial charge in [-0.05, 0) is 43.5 Å². The van der Waals surface area contributed by atoms with E-state index in [-0.39, 0.29) is 29.8 Å². The molecular weight excluding hydrogens is 311 g/mol. The first-order valence-electron chi connectivity index (χ1n) is 8.64. The van der Waals surface area contributed by atoms with Gasteiger partial charge in [-0.25, -0.2) is 4.39 Å². The summed E-state index contributed by atoms with van der Waals surface area (Å²) >= 11 is 0. The quantitative estimate of drug-likeness (QED) is 0.851. The summed E-state index contributed by atoms with van der Waals surface area (Å²) in [5.41, 5.74) is 0.874. The average Bonchev–Trinajstić information content (AvgIpc) is 3.02. The Labute approximate surface area is 141 Å². The van der Waals surface area contributed by atoms with Gasteiger partial charge < -0.3 is 15.2 Å². The number of ether oxygens (including phenoxy) is 1. The number of aliphatic hydroxyl groups excluding tert-OH is 1. The number of hydrogen-bond acceptors (Lipinski definition) is 4. The summed E-state index contributed by atoms with van der Waals surface area (Å²) in [4.78, 5) is 14.4. The zero-order valence-corrected chi connectivity index (χ0v) is 13.8. The molecule has 2 N–H and O–H groups in total. The predicted molar refractivity (Wildman–Crippen MR) is 87.8 cm³/mol. The van der Waals surface area contributed by atoms with Crippen LogP contribution in [-0.2, 0) is 16.1 Å². The highest BCUT2D eigenvalue weighted by Gasteiger charge is 2.37. The van der Waals surface area contributed by atoms with Gasteiger partial charge in [-0.2, -0.15) is 0 Å². The maximum Gasteiger partial charge on any atom is 0.234 e. The van der Waals surface area contributed by atoms with E-state index in [1.807, 2.05) is 0 Å². The lowest BCUT2D eigenvalue weighted by Gasteiger charge is -2.36. The van der Waals surface area contributed by atoms with Crippen molar-refractivity contribution in [1.29, 1.82) is 0 Å². The zero-order chi connectivity index (χ0) is 16.9. The Morgan fingerprint density at radius 1 is 1.33 bits per heavy atom. The SMILES string of the molecule is O=C(CN1CCCC1C1COCCC1O)NCc1ccc(F)cc1. The van der Waals surface area contributed by atoms with Gasteiger partial charge >= 0.3 is 0 Å². The minimum absolute atomic E-state index is 0.0440. The molecule has 3 rings (SSSR count). The lowest BCUT2D eigenvalue weighted by atomic mass is 9.89. The number of nitrogens with zero attached hydrogens (tertiary/aromatic N) is 1. The number of carbonyl (C=O) groups excluding carboxylic acids is 1.